The van der Waals surface area contributed by atoms with Gasteiger partial charge in [-0.3, -0.25) is 18.6 Å². The number of thioether (sulfide) groups is 1. The number of pyridine rings is 1. The molecule has 5 rings (SSSR count). The second-order valence-corrected chi connectivity index (χ2v) is 10.7. The van der Waals surface area contributed by atoms with Gasteiger partial charge in [-0.25, -0.2) is 9.97 Å². The van der Waals surface area contributed by atoms with Crippen molar-refractivity contribution in [2.75, 3.05) is 0 Å². The number of hydrogen-bond acceptors (Lipinski definition) is 6. The third-order valence-corrected chi connectivity index (χ3v) is 8.50. The second kappa shape index (κ2) is 9.43. The van der Waals surface area contributed by atoms with E-state index >= 15 is 0 Å². The van der Waals surface area contributed by atoms with Crippen molar-refractivity contribution in [3.05, 3.63) is 66.8 Å². The van der Waals surface area contributed by atoms with Crippen molar-refractivity contribution in [3.8, 4) is 0 Å². The van der Waals surface area contributed by atoms with Crippen molar-refractivity contribution in [2.45, 2.75) is 76.2 Å². The summed E-state index contributed by atoms with van der Waals surface area (Å²) in [5.74, 6) is 0.497. The number of thiophene rings is 1. The van der Waals surface area contributed by atoms with Crippen LogP contribution in [0, 0.1) is 6.92 Å². The summed E-state index contributed by atoms with van der Waals surface area (Å²) in [5, 5.41) is 1.57. The van der Waals surface area contributed by atoms with Crippen LogP contribution in [0.4, 0.5) is 0 Å². The number of unbranched alkanes of at least 4 members (excludes halogenated alkanes) is 2. The van der Waals surface area contributed by atoms with E-state index in [4.69, 9.17) is 4.98 Å². The molecule has 4 aromatic rings. The zero-order chi connectivity index (χ0) is 22.9. The van der Waals surface area contributed by atoms with Crippen LogP contribution < -0.4 is 11.1 Å². The molecule has 0 saturated heterocycles. The molecule has 0 amide bonds. The van der Waals surface area contributed by atoms with E-state index in [0.29, 0.717) is 23.6 Å². The summed E-state index contributed by atoms with van der Waals surface area (Å²) < 4.78 is 3.48. The SMILES string of the molecule is CCCCCn1c(SCc2cc(=O)n3c(C)cccc3n2)nc2sc3c(c2c1=O)CCCC3. The molecule has 0 saturated carbocycles. The molecule has 0 N–H and O–H groups in total. The predicted octanol–water partition coefficient (Wildman–Crippen LogP) is 5.14. The van der Waals surface area contributed by atoms with Gasteiger partial charge in [0.2, 0.25) is 0 Å². The van der Waals surface area contributed by atoms with Crippen LogP contribution in [-0.4, -0.2) is 18.9 Å². The smallest absolute Gasteiger partial charge is 0.263 e. The Morgan fingerprint density at radius 2 is 1.97 bits per heavy atom. The van der Waals surface area contributed by atoms with Gasteiger partial charge in [0.1, 0.15) is 10.5 Å². The Bertz CT molecular complexity index is 1450. The van der Waals surface area contributed by atoms with Crippen molar-refractivity contribution in [1.29, 1.82) is 0 Å². The summed E-state index contributed by atoms with van der Waals surface area (Å²) in [5.41, 5.74) is 3.47. The molecule has 0 radical (unpaired) electrons. The average Bonchev–Trinajstić information content (AvgIpc) is 3.18. The molecule has 33 heavy (non-hydrogen) atoms. The molecular formula is C25H28N4O2S2. The molecule has 0 fully saturated rings. The summed E-state index contributed by atoms with van der Waals surface area (Å²) in [7, 11) is 0. The lowest BCUT2D eigenvalue weighted by atomic mass is 9.97. The first-order valence-electron chi connectivity index (χ1n) is 11.7. The van der Waals surface area contributed by atoms with Gasteiger partial charge in [-0.15, -0.1) is 11.3 Å². The van der Waals surface area contributed by atoms with E-state index in [2.05, 4.69) is 11.9 Å². The third kappa shape index (κ3) is 4.26. The lowest BCUT2D eigenvalue weighted by Crippen LogP contribution is -2.24. The molecule has 6 nitrogen and oxygen atoms in total. The van der Waals surface area contributed by atoms with Crippen LogP contribution >= 0.6 is 23.1 Å². The zero-order valence-electron chi connectivity index (χ0n) is 19.1. The largest absolute Gasteiger partial charge is 0.287 e. The van der Waals surface area contributed by atoms with Crippen molar-refractivity contribution in [1.82, 2.24) is 18.9 Å². The van der Waals surface area contributed by atoms with Gasteiger partial charge < -0.3 is 0 Å². The minimum Gasteiger partial charge on any atom is -0.287 e. The van der Waals surface area contributed by atoms with Gasteiger partial charge in [-0.2, -0.15) is 0 Å². The van der Waals surface area contributed by atoms with Crippen molar-refractivity contribution < 1.29 is 0 Å². The first-order valence-corrected chi connectivity index (χ1v) is 13.5. The second-order valence-electron chi connectivity index (χ2n) is 8.68. The van der Waals surface area contributed by atoms with E-state index in [9.17, 15) is 9.59 Å². The summed E-state index contributed by atoms with van der Waals surface area (Å²) in [4.78, 5) is 38.1. The van der Waals surface area contributed by atoms with Crippen LogP contribution in [0.3, 0.4) is 0 Å². The highest BCUT2D eigenvalue weighted by Gasteiger charge is 2.22. The summed E-state index contributed by atoms with van der Waals surface area (Å²) in [6, 6.07) is 7.26. The van der Waals surface area contributed by atoms with Crippen LogP contribution in [0.25, 0.3) is 15.9 Å². The normalized spacial score (nSPS) is 13.6. The number of aryl methyl sites for hydroxylation is 3. The monoisotopic (exact) mass is 480 g/mol. The lowest BCUT2D eigenvalue weighted by molar-refractivity contribution is 0.541. The molecule has 0 aromatic carbocycles. The molecule has 4 aromatic heterocycles. The number of rotatable bonds is 7. The summed E-state index contributed by atoms with van der Waals surface area (Å²) in [6.07, 6.45) is 7.51. The quantitative estimate of drug-likeness (QED) is 0.208. The standard InChI is InChI=1S/C25H28N4O2S2/c1-3-4-7-13-28-24(31)22-18-10-5-6-11-19(18)33-23(22)27-25(28)32-15-17-14-21(30)29-16(2)9-8-12-20(29)26-17/h8-9,12,14H,3-7,10-11,13,15H2,1-2H3. The van der Waals surface area contributed by atoms with Crippen LogP contribution in [0.15, 0.2) is 39.0 Å². The summed E-state index contributed by atoms with van der Waals surface area (Å²) >= 11 is 3.19. The average molecular weight is 481 g/mol. The zero-order valence-corrected chi connectivity index (χ0v) is 20.7. The maximum absolute atomic E-state index is 13.6. The minimum absolute atomic E-state index is 0.0802. The molecule has 0 atom stereocenters. The van der Waals surface area contributed by atoms with Crippen LogP contribution in [0.1, 0.15) is 60.9 Å². The first kappa shape index (κ1) is 22.3. The van der Waals surface area contributed by atoms with Gasteiger partial charge in [-0.1, -0.05) is 37.6 Å². The van der Waals surface area contributed by atoms with Gasteiger partial charge >= 0.3 is 0 Å². The van der Waals surface area contributed by atoms with Crippen LogP contribution in [0.2, 0.25) is 0 Å². The minimum atomic E-state index is -0.0802. The van der Waals surface area contributed by atoms with E-state index in [1.54, 1.807) is 21.8 Å². The Labute approximate surface area is 200 Å². The van der Waals surface area contributed by atoms with Gasteiger partial charge in [0, 0.05) is 28.9 Å². The Kier molecular flexibility index (Phi) is 6.38. The molecule has 4 heterocycles. The fourth-order valence-electron chi connectivity index (χ4n) is 4.62. The Hall–Kier alpha value is -2.45. The van der Waals surface area contributed by atoms with E-state index in [0.717, 1.165) is 59.6 Å². The van der Waals surface area contributed by atoms with Crippen molar-refractivity contribution >= 4 is 39.0 Å². The highest BCUT2D eigenvalue weighted by molar-refractivity contribution is 7.98. The molecule has 0 aliphatic heterocycles. The van der Waals surface area contributed by atoms with E-state index in [1.165, 1.54) is 28.6 Å². The molecule has 8 heteroatoms. The van der Waals surface area contributed by atoms with Gasteiger partial charge in [0.05, 0.1) is 11.1 Å². The molecular weight excluding hydrogens is 452 g/mol. The van der Waals surface area contributed by atoms with E-state index in [1.807, 2.05) is 29.7 Å². The molecule has 0 unspecified atom stereocenters. The first-order chi connectivity index (χ1) is 16.1. The van der Waals surface area contributed by atoms with E-state index in [-0.39, 0.29) is 11.1 Å². The molecule has 0 bridgehead atoms. The Morgan fingerprint density at radius 1 is 1.12 bits per heavy atom. The van der Waals surface area contributed by atoms with Crippen LogP contribution in [0.5, 0.6) is 0 Å². The molecule has 1 aliphatic carbocycles. The topological polar surface area (TPSA) is 69.3 Å². The van der Waals surface area contributed by atoms with Gasteiger partial charge in [-0.05, 0) is 56.7 Å². The summed E-state index contributed by atoms with van der Waals surface area (Å²) in [6.45, 7) is 4.75. The Balaban J connectivity index is 1.53. The number of aromatic nitrogens is 4. The van der Waals surface area contributed by atoms with Gasteiger partial charge in [0.25, 0.3) is 11.1 Å². The fraction of sp³-hybridized carbons (Fsp3) is 0.440. The highest BCUT2D eigenvalue weighted by Crippen LogP contribution is 2.35. The lowest BCUT2D eigenvalue weighted by Gasteiger charge is -2.13. The Morgan fingerprint density at radius 3 is 2.82 bits per heavy atom. The number of nitrogens with zero attached hydrogens (tertiary/aromatic N) is 4. The number of fused-ring (bicyclic) bond motifs is 4. The molecule has 1 aliphatic rings. The van der Waals surface area contributed by atoms with E-state index < -0.39 is 0 Å². The van der Waals surface area contributed by atoms with Crippen molar-refractivity contribution in [2.24, 2.45) is 0 Å². The fourth-order valence-corrected chi connectivity index (χ4v) is 6.84. The number of hydrogen-bond donors (Lipinski definition) is 0. The highest BCUT2D eigenvalue weighted by atomic mass is 32.2. The third-order valence-electron chi connectivity index (χ3n) is 6.31. The maximum atomic E-state index is 13.6. The van der Waals surface area contributed by atoms with Crippen molar-refractivity contribution in [3.63, 3.8) is 0 Å². The molecule has 172 valence electrons. The van der Waals surface area contributed by atoms with Crippen LogP contribution in [-0.2, 0) is 25.1 Å². The molecule has 0 spiro atoms. The predicted molar refractivity (Wildman–Crippen MR) is 136 cm³/mol. The van der Waals surface area contributed by atoms with Gasteiger partial charge in [0.15, 0.2) is 5.16 Å². The maximum Gasteiger partial charge on any atom is 0.263 e.